The molecule has 92 valence electrons. The Labute approximate surface area is 105 Å². The molecule has 2 nitrogen and oxygen atoms in total. The number of hydrogen-bond donors (Lipinski definition) is 0. The van der Waals surface area contributed by atoms with Crippen molar-refractivity contribution in [3.63, 3.8) is 0 Å². The van der Waals surface area contributed by atoms with Crippen LogP contribution in [0.3, 0.4) is 0 Å². The van der Waals surface area contributed by atoms with Crippen LogP contribution in [0.2, 0.25) is 0 Å². The molecule has 0 saturated heterocycles. The van der Waals surface area contributed by atoms with Crippen molar-refractivity contribution in [3.05, 3.63) is 59.4 Å². The van der Waals surface area contributed by atoms with Crippen LogP contribution in [-0.2, 0) is 11.2 Å². The van der Waals surface area contributed by atoms with Crippen molar-refractivity contribution >= 4 is 6.29 Å². The van der Waals surface area contributed by atoms with E-state index in [-0.39, 0.29) is 5.82 Å². The molecule has 0 aliphatic heterocycles. The summed E-state index contributed by atoms with van der Waals surface area (Å²) in [5.74, 6) is 0.746. The molecule has 0 aliphatic rings. The van der Waals surface area contributed by atoms with Crippen LogP contribution in [0.25, 0.3) is 0 Å². The van der Waals surface area contributed by atoms with Crippen molar-refractivity contribution in [1.29, 1.82) is 0 Å². The molecule has 0 radical (unpaired) electrons. The van der Waals surface area contributed by atoms with Crippen molar-refractivity contribution in [3.8, 4) is 11.5 Å². The molecule has 0 N–H and O–H groups in total. The van der Waals surface area contributed by atoms with E-state index in [9.17, 15) is 9.18 Å². The van der Waals surface area contributed by atoms with Gasteiger partial charge < -0.3 is 9.53 Å². The summed E-state index contributed by atoms with van der Waals surface area (Å²) in [6, 6.07) is 11.5. The Morgan fingerprint density at radius 3 is 2.78 bits per heavy atom. The normalized spacial score (nSPS) is 10.1. The molecule has 18 heavy (non-hydrogen) atoms. The molecular formula is C15H13FO2. The van der Waals surface area contributed by atoms with Gasteiger partial charge in [0.1, 0.15) is 23.6 Å². The van der Waals surface area contributed by atoms with Crippen LogP contribution in [0.5, 0.6) is 11.5 Å². The van der Waals surface area contributed by atoms with Crippen molar-refractivity contribution in [2.24, 2.45) is 0 Å². The second kappa shape index (κ2) is 5.45. The van der Waals surface area contributed by atoms with Gasteiger partial charge in [-0.3, -0.25) is 0 Å². The summed E-state index contributed by atoms with van der Waals surface area (Å²) in [5.41, 5.74) is 1.82. The first-order chi connectivity index (χ1) is 8.69. The van der Waals surface area contributed by atoms with E-state index in [0.29, 0.717) is 17.9 Å². The van der Waals surface area contributed by atoms with Crippen LogP contribution in [0.15, 0.2) is 42.5 Å². The first-order valence-electron chi connectivity index (χ1n) is 5.65. The smallest absolute Gasteiger partial charge is 0.130 e. The zero-order chi connectivity index (χ0) is 13.0. The Hall–Kier alpha value is -2.16. The molecule has 0 unspecified atom stereocenters. The molecule has 0 spiro atoms. The summed E-state index contributed by atoms with van der Waals surface area (Å²) in [6.07, 6.45) is 1.19. The number of carbonyl (C=O) groups is 1. The summed E-state index contributed by atoms with van der Waals surface area (Å²) in [4.78, 5) is 10.5. The Morgan fingerprint density at radius 2 is 2.06 bits per heavy atom. The number of rotatable bonds is 4. The Balaban J connectivity index is 2.27. The largest absolute Gasteiger partial charge is 0.457 e. The summed E-state index contributed by atoms with van der Waals surface area (Å²) in [7, 11) is 0. The van der Waals surface area contributed by atoms with Gasteiger partial charge in [0.15, 0.2) is 0 Å². The summed E-state index contributed by atoms with van der Waals surface area (Å²) in [6.45, 7) is 1.90. The first-order valence-corrected chi connectivity index (χ1v) is 5.65. The maximum atomic E-state index is 13.0. The first kappa shape index (κ1) is 12.3. The highest BCUT2D eigenvalue weighted by Crippen LogP contribution is 2.26. The third-order valence-electron chi connectivity index (χ3n) is 2.60. The van der Waals surface area contributed by atoms with Gasteiger partial charge in [-0.15, -0.1) is 0 Å². The number of halogens is 1. The zero-order valence-electron chi connectivity index (χ0n) is 10.0. The lowest BCUT2D eigenvalue weighted by Crippen LogP contribution is -1.92. The van der Waals surface area contributed by atoms with Crippen LogP contribution < -0.4 is 4.74 Å². The Morgan fingerprint density at radius 1 is 1.22 bits per heavy atom. The van der Waals surface area contributed by atoms with E-state index in [1.165, 1.54) is 12.1 Å². The second-order valence-corrected chi connectivity index (χ2v) is 4.03. The fraction of sp³-hybridized carbons (Fsp3) is 0.133. The van der Waals surface area contributed by atoms with E-state index in [1.54, 1.807) is 18.2 Å². The third-order valence-corrected chi connectivity index (χ3v) is 2.60. The van der Waals surface area contributed by atoms with Gasteiger partial charge in [0, 0.05) is 12.5 Å². The fourth-order valence-corrected chi connectivity index (χ4v) is 1.64. The lowest BCUT2D eigenvalue weighted by atomic mass is 10.1. The molecule has 3 heteroatoms. The van der Waals surface area contributed by atoms with Gasteiger partial charge in [-0.05, 0) is 36.2 Å². The number of carbonyl (C=O) groups excluding carboxylic acids is 1. The topological polar surface area (TPSA) is 26.3 Å². The Bertz CT molecular complexity index is 564. The quantitative estimate of drug-likeness (QED) is 0.767. The zero-order valence-corrected chi connectivity index (χ0v) is 10.0. The van der Waals surface area contributed by atoms with Gasteiger partial charge >= 0.3 is 0 Å². The number of aryl methyl sites for hydroxylation is 1. The highest BCUT2D eigenvalue weighted by atomic mass is 19.1. The molecule has 0 bridgehead atoms. The molecule has 0 atom stereocenters. The predicted octanol–water partition coefficient (Wildman–Crippen LogP) is 3.67. The van der Waals surface area contributed by atoms with Gasteiger partial charge in [0.05, 0.1) is 0 Å². The number of benzene rings is 2. The van der Waals surface area contributed by atoms with E-state index < -0.39 is 0 Å². The SMILES string of the molecule is Cc1ccc(CC=O)cc1Oc1cccc(F)c1. The number of ether oxygens (including phenoxy) is 1. The second-order valence-electron chi connectivity index (χ2n) is 4.03. The van der Waals surface area contributed by atoms with Crippen LogP contribution in [0.1, 0.15) is 11.1 Å². The minimum absolute atomic E-state index is 0.339. The van der Waals surface area contributed by atoms with Crippen LogP contribution >= 0.6 is 0 Å². The molecular weight excluding hydrogens is 231 g/mol. The average Bonchev–Trinajstić information content (AvgIpc) is 2.34. The highest BCUT2D eigenvalue weighted by molar-refractivity contribution is 5.56. The molecule has 0 fully saturated rings. The molecule has 0 aliphatic carbocycles. The van der Waals surface area contributed by atoms with Crippen molar-refractivity contribution < 1.29 is 13.9 Å². The molecule has 2 aromatic rings. The van der Waals surface area contributed by atoms with E-state index in [1.807, 2.05) is 19.1 Å². The summed E-state index contributed by atoms with van der Waals surface area (Å²) in [5, 5.41) is 0. The Kier molecular flexibility index (Phi) is 3.72. The molecule has 0 aromatic heterocycles. The van der Waals surface area contributed by atoms with Crippen LogP contribution in [0, 0.1) is 12.7 Å². The summed E-state index contributed by atoms with van der Waals surface area (Å²) >= 11 is 0. The molecule has 0 heterocycles. The number of hydrogen-bond acceptors (Lipinski definition) is 2. The van der Waals surface area contributed by atoms with E-state index >= 15 is 0 Å². The van der Waals surface area contributed by atoms with Crippen molar-refractivity contribution in [1.82, 2.24) is 0 Å². The maximum Gasteiger partial charge on any atom is 0.130 e. The third kappa shape index (κ3) is 2.94. The van der Waals surface area contributed by atoms with Gasteiger partial charge in [-0.25, -0.2) is 4.39 Å². The van der Waals surface area contributed by atoms with E-state index in [4.69, 9.17) is 4.74 Å². The van der Waals surface area contributed by atoms with E-state index in [2.05, 4.69) is 0 Å². The highest BCUT2D eigenvalue weighted by Gasteiger charge is 2.04. The predicted molar refractivity (Wildman–Crippen MR) is 67.4 cm³/mol. The maximum absolute atomic E-state index is 13.0. The van der Waals surface area contributed by atoms with Gasteiger partial charge in [-0.2, -0.15) is 0 Å². The van der Waals surface area contributed by atoms with Crippen molar-refractivity contribution in [2.45, 2.75) is 13.3 Å². The molecule has 2 rings (SSSR count). The van der Waals surface area contributed by atoms with E-state index in [0.717, 1.165) is 17.4 Å². The molecule has 2 aromatic carbocycles. The minimum atomic E-state index is -0.339. The van der Waals surface area contributed by atoms with Crippen LogP contribution in [0.4, 0.5) is 4.39 Å². The molecule has 0 saturated carbocycles. The van der Waals surface area contributed by atoms with Gasteiger partial charge in [0.25, 0.3) is 0 Å². The minimum Gasteiger partial charge on any atom is -0.457 e. The fourth-order valence-electron chi connectivity index (χ4n) is 1.64. The average molecular weight is 244 g/mol. The monoisotopic (exact) mass is 244 g/mol. The van der Waals surface area contributed by atoms with Gasteiger partial charge in [-0.1, -0.05) is 18.2 Å². The standard InChI is InChI=1S/C15H13FO2/c1-11-5-6-12(7-8-17)9-15(11)18-14-4-2-3-13(16)10-14/h2-6,8-10H,7H2,1H3. The lowest BCUT2D eigenvalue weighted by molar-refractivity contribution is -0.107. The molecule has 0 amide bonds. The number of aldehydes is 1. The van der Waals surface area contributed by atoms with Crippen LogP contribution in [-0.4, -0.2) is 6.29 Å². The van der Waals surface area contributed by atoms with Gasteiger partial charge in [0.2, 0.25) is 0 Å². The van der Waals surface area contributed by atoms with Crippen molar-refractivity contribution in [2.75, 3.05) is 0 Å². The lowest BCUT2D eigenvalue weighted by Gasteiger charge is -2.10. The summed E-state index contributed by atoms with van der Waals surface area (Å²) < 4.78 is 18.7.